The molecule has 0 saturated heterocycles. The van der Waals surface area contributed by atoms with E-state index in [0.29, 0.717) is 5.56 Å². The summed E-state index contributed by atoms with van der Waals surface area (Å²) in [5, 5.41) is 2.72. The molecular weight excluding hydrogens is 393 g/mol. The van der Waals surface area contributed by atoms with Crippen LogP contribution in [-0.4, -0.2) is 18.9 Å². The number of halogens is 3. The molecule has 0 heterocycles. The van der Waals surface area contributed by atoms with Gasteiger partial charge in [0.1, 0.15) is 0 Å². The van der Waals surface area contributed by atoms with Crippen molar-refractivity contribution in [1.82, 2.24) is 0 Å². The molecule has 4 nitrogen and oxygen atoms in total. The Balaban J connectivity index is 1.89. The Bertz CT molecular complexity index is 1090. The van der Waals surface area contributed by atoms with Crippen LogP contribution >= 0.6 is 0 Å². The van der Waals surface area contributed by atoms with Gasteiger partial charge in [-0.15, -0.1) is 0 Å². The van der Waals surface area contributed by atoms with Gasteiger partial charge in [-0.25, -0.2) is 0 Å². The second kappa shape index (κ2) is 8.41. The lowest BCUT2D eigenvalue weighted by molar-refractivity contribution is -0.137. The molecule has 0 aliphatic carbocycles. The van der Waals surface area contributed by atoms with Gasteiger partial charge in [0.05, 0.1) is 16.8 Å². The Morgan fingerprint density at radius 2 is 1.50 bits per heavy atom. The van der Waals surface area contributed by atoms with E-state index in [1.165, 1.54) is 25.2 Å². The van der Waals surface area contributed by atoms with Crippen molar-refractivity contribution in [3.05, 3.63) is 95.1 Å². The van der Waals surface area contributed by atoms with Gasteiger partial charge in [-0.1, -0.05) is 36.4 Å². The van der Waals surface area contributed by atoms with E-state index in [4.69, 9.17) is 0 Å². The van der Waals surface area contributed by atoms with Crippen molar-refractivity contribution in [3.63, 3.8) is 0 Å². The van der Waals surface area contributed by atoms with Gasteiger partial charge in [0.15, 0.2) is 0 Å². The molecule has 0 aliphatic heterocycles. The summed E-state index contributed by atoms with van der Waals surface area (Å²) >= 11 is 0. The first-order valence-corrected chi connectivity index (χ1v) is 9.10. The number of para-hydroxylation sites is 1. The molecule has 7 heteroatoms. The molecule has 0 saturated carbocycles. The van der Waals surface area contributed by atoms with Gasteiger partial charge in [-0.2, -0.15) is 13.2 Å². The minimum absolute atomic E-state index is 0.0925. The molecule has 3 aromatic carbocycles. The predicted octanol–water partition coefficient (Wildman–Crippen LogP) is 5.54. The molecule has 3 rings (SSSR count). The summed E-state index contributed by atoms with van der Waals surface area (Å²) in [5.74, 6) is -0.926. The molecule has 1 N–H and O–H groups in total. The zero-order valence-corrected chi connectivity index (χ0v) is 16.3. The van der Waals surface area contributed by atoms with Crippen LogP contribution < -0.4 is 10.2 Å². The summed E-state index contributed by atoms with van der Waals surface area (Å²) in [5.41, 5.74) is 0.926. The monoisotopic (exact) mass is 412 g/mol. The lowest BCUT2D eigenvalue weighted by Crippen LogP contribution is -2.28. The number of rotatable bonds is 4. The van der Waals surface area contributed by atoms with Gasteiger partial charge in [-0.05, 0) is 48.9 Å². The van der Waals surface area contributed by atoms with Crippen molar-refractivity contribution in [2.24, 2.45) is 0 Å². The quantitative estimate of drug-likeness (QED) is 0.611. The first kappa shape index (κ1) is 21.1. The van der Waals surface area contributed by atoms with Crippen LogP contribution in [0.3, 0.4) is 0 Å². The molecular formula is C23H19F3N2O2. The number of carbonyl (C=O) groups is 2. The SMILES string of the molecule is Cc1ccccc1C(=O)Nc1ccccc1C(=O)N(C)c1cccc(C(F)(F)F)c1. The van der Waals surface area contributed by atoms with Crippen LogP contribution in [0.15, 0.2) is 72.8 Å². The minimum atomic E-state index is -4.51. The van der Waals surface area contributed by atoms with Crippen molar-refractivity contribution in [2.45, 2.75) is 13.1 Å². The number of benzene rings is 3. The highest BCUT2D eigenvalue weighted by Gasteiger charge is 2.31. The summed E-state index contributed by atoms with van der Waals surface area (Å²) in [6.45, 7) is 1.80. The fourth-order valence-electron chi connectivity index (χ4n) is 2.98. The van der Waals surface area contributed by atoms with Gasteiger partial charge in [-0.3, -0.25) is 9.59 Å². The number of amides is 2. The molecule has 0 atom stereocenters. The van der Waals surface area contributed by atoms with Crippen LogP contribution in [0.4, 0.5) is 24.5 Å². The molecule has 0 aromatic heterocycles. The van der Waals surface area contributed by atoms with Crippen LogP contribution in [0.25, 0.3) is 0 Å². The number of nitrogens with one attached hydrogen (secondary N) is 1. The third kappa shape index (κ3) is 4.51. The number of anilines is 2. The molecule has 30 heavy (non-hydrogen) atoms. The predicted molar refractivity (Wildman–Crippen MR) is 110 cm³/mol. The summed E-state index contributed by atoms with van der Waals surface area (Å²) in [7, 11) is 1.39. The van der Waals surface area contributed by atoms with Gasteiger partial charge < -0.3 is 10.2 Å². The fourth-order valence-corrected chi connectivity index (χ4v) is 2.98. The van der Waals surface area contributed by atoms with Crippen LogP contribution in [0, 0.1) is 6.92 Å². The Hall–Kier alpha value is -3.61. The highest BCUT2D eigenvalue weighted by Crippen LogP contribution is 2.32. The summed E-state index contributed by atoms with van der Waals surface area (Å²) in [6.07, 6.45) is -4.51. The molecule has 154 valence electrons. The minimum Gasteiger partial charge on any atom is -0.321 e. The molecule has 0 bridgehead atoms. The first-order valence-electron chi connectivity index (χ1n) is 9.10. The second-order valence-electron chi connectivity index (χ2n) is 6.73. The van der Waals surface area contributed by atoms with Gasteiger partial charge in [0, 0.05) is 18.3 Å². The van der Waals surface area contributed by atoms with Gasteiger partial charge in [0.25, 0.3) is 11.8 Å². The first-order chi connectivity index (χ1) is 14.2. The number of carbonyl (C=O) groups excluding carboxylic acids is 2. The third-order valence-corrected chi connectivity index (χ3v) is 4.66. The standard InChI is InChI=1S/C23H19F3N2O2/c1-15-8-3-4-11-18(15)21(29)27-20-13-6-5-12-19(20)22(30)28(2)17-10-7-9-16(14-17)23(24,25)26/h3-14H,1-2H3,(H,27,29). The molecule has 3 aromatic rings. The molecule has 2 amide bonds. The molecule has 0 spiro atoms. The Kier molecular flexibility index (Phi) is 5.91. The van der Waals surface area contributed by atoms with E-state index in [1.807, 2.05) is 6.07 Å². The lowest BCUT2D eigenvalue weighted by atomic mass is 10.1. The maximum absolute atomic E-state index is 13.0. The van der Waals surface area contributed by atoms with E-state index in [1.54, 1.807) is 43.3 Å². The number of aryl methyl sites for hydroxylation is 1. The van der Waals surface area contributed by atoms with E-state index >= 15 is 0 Å². The maximum Gasteiger partial charge on any atom is 0.416 e. The number of hydrogen-bond acceptors (Lipinski definition) is 2. The number of nitrogens with zero attached hydrogens (tertiary/aromatic N) is 1. The lowest BCUT2D eigenvalue weighted by Gasteiger charge is -2.20. The molecule has 0 aliphatic rings. The van der Waals surface area contributed by atoms with Crippen LogP contribution in [-0.2, 0) is 6.18 Å². The van der Waals surface area contributed by atoms with E-state index in [-0.39, 0.29) is 22.8 Å². The zero-order valence-electron chi connectivity index (χ0n) is 16.3. The Morgan fingerprint density at radius 1 is 0.867 bits per heavy atom. The number of hydrogen-bond donors (Lipinski definition) is 1. The van der Waals surface area contributed by atoms with E-state index in [9.17, 15) is 22.8 Å². The maximum atomic E-state index is 13.0. The average Bonchev–Trinajstić information content (AvgIpc) is 2.73. The fraction of sp³-hybridized carbons (Fsp3) is 0.130. The summed E-state index contributed by atoms with van der Waals surface area (Å²) in [6, 6.07) is 17.9. The Labute approximate surface area is 171 Å². The molecule has 0 unspecified atom stereocenters. The van der Waals surface area contributed by atoms with E-state index < -0.39 is 17.6 Å². The highest BCUT2D eigenvalue weighted by molar-refractivity contribution is 6.13. The summed E-state index contributed by atoms with van der Waals surface area (Å²) < 4.78 is 39.0. The van der Waals surface area contributed by atoms with Crippen molar-refractivity contribution < 1.29 is 22.8 Å². The smallest absolute Gasteiger partial charge is 0.321 e. The second-order valence-corrected chi connectivity index (χ2v) is 6.73. The van der Waals surface area contributed by atoms with Crippen LogP contribution in [0.1, 0.15) is 31.8 Å². The van der Waals surface area contributed by atoms with Crippen molar-refractivity contribution >= 4 is 23.2 Å². The molecule has 0 radical (unpaired) electrons. The van der Waals surface area contributed by atoms with Crippen LogP contribution in [0.2, 0.25) is 0 Å². The normalized spacial score (nSPS) is 11.1. The van der Waals surface area contributed by atoms with Crippen LogP contribution in [0.5, 0.6) is 0 Å². The van der Waals surface area contributed by atoms with Gasteiger partial charge in [0.2, 0.25) is 0 Å². The van der Waals surface area contributed by atoms with E-state index in [2.05, 4.69) is 5.32 Å². The zero-order chi connectivity index (χ0) is 21.9. The molecule has 0 fully saturated rings. The summed E-state index contributed by atoms with van der Waals surface area (Å²) in [4.78, 5) is 26.8. The highest BCUT2D eigenvalue weighted by atomic mass is 19.4. The average molecular weight is 412 g/mol. The van der Waals surface area contributed by atoms with Crippen molar-refractivity contribution in [1.29, 1.82) is 0 Å². The third-order valence-electron chi connectivity index (χ3n) is 4.66. The van der Waals surface area contributed by atoms with Gasteiger partial charge >= 0.3 is 6.18 Å². The Morgan fingerprint density at radius 3 is 2.17 bits per heavy atom. The topological polar surface area (TPSA) is 49.4 Å². The number of alkyl halides is 3. The van der Waals surface area contributed by atoms with Crippen molar-refractivity contribution in [3.8, 4) is 0 Å². The van der Waals surface area contributed by atoms with E-state index in [0.717, 1.165) is 22.6 Å². The largest absolute Gasteiger partial charge is 0.416 e. The van der Waals surface area contributed by atoms with Crippen molar-refractivity contribution in [2.75, 3.05) is 17.3 Å².